The van der Waals surface area contributed by atoms with Crippen LogP contribution in [0.2, 0.25) is 0 Å². The van der Waals surface area contributed by atoms with Crippen molar-refractivity contribution in [3.63, 3.8) is 0 Å². The molecule has 0 saturated carbocycles. The molecule has 0 radical (unpaired) electrons. The van der Waals surface area contributed by atoms with Crippen molar-refractivity contribution in [2.24, 2.45) is 7.05 Å². The lowest BCUT2D eigenvalue weighted by Crippen LogP contribution is -2.01. The van der Waals surface area contributed by atoms with Crippen LogP contribution in [0, 0.1) is 0 Å². The topological polar surface area (TPSA) is 31.2 Å². The van der Waals surface area contributed by atoms with Crippen molar-refractivity contribution in [3.05, 3.63) is 35.5 Å². The molecule has 0 aliphatic rings. The van der Waals surface area contributed by atoms with Crippen molar-refractivity contribution in [3.8, 4) is 0 Å². The van der Waals surface area contributed by atoms with Crippen LogP contribution >= 0.6 is 0 Å². The standard InChI is InChI=1S/C16H21NO2/c1-5-6-11(2)14-10-17(3)15-9-12(16(18)19-4)7-8-13(14)15/h7-11H,5-6H2,1-4H3. The van der Waals surface area contributed by atoms with E-state index < -0.39 is 0 Å². The Labute approximate surface area is 114 Å². The molecule has 1 aromatic heterocycles. The first-order valence-corrected chi connectivity index (χ1v) is 6.75. The summed E-state index contributed by atoms with van der Waals surface area (Å²) < 4.78 is 6.86. The largest absolute Gasteiger partial charge is 0.465 e. The zero-order valence-electron chi connectivity index (χ0n) is 12.1. The smallest absolute Gasteiger partial charge is 0.337 e. The van der Waals surface area contributed by atoms with Crippen molar-refractivity contribution in [2.45, 2.75) is 32.6 Å². The number of methoxy groups -OCH3 is 1. The number of rotatable bonds is 4. The van der Waals surface area contributed by atoms with Gasteiger partial charge in [-0.15, -0.1) is 0 Å². The quantitative estimate of drug-likeness (QED) is 0.780. The van der Waals surface area contributed by atoms with Gasteiger partial charge in [0.05, 0.1) is 12.7 Å². The molecule has 1 unspecified atom stereocenters. The zero-order chi connectivity index (χ0) is 14.0. The van der Waals surface area contributed by atoms with Gasteiger partial charge >= 0.3 is 5.97 Å². The molecule has 102 valence electrons. The van der Waals surface area contributed by atoms with E-state index >= 15 is 0 Å². The number of aryl methyl sites for hydroxylation is 1. The van der Waals surface area contributed by atoms with E-state index in [-0.39, 0.29) is 5.97 Å². The Morgan fingerprint density at radius 3 is 2.79 bits per heavy atom. The van der Waals surface area contributed by atoms with E-state index in [9.17, 15) is 4.79 Å². The van der Waals surface area contributed by atoms with Crippen LogP contribution in [0.5, 0.6) is 0 Å². The summed E-state index contributed by atoms with van der Waals surface area (Å²) in [5, 5.41) is 1.23. The Bertz CT molecular complexity index is 598. The summed E-state index contributed by atoms with van der Waals surface area (Å²) in [6.45, 7) is 4.46. The van der Waals surface area contributed by atoms with E-state index in [2.05, 4.69) is 24.6 Å². The molecule has 1 heterocycles. The van der Waals surface area contributed by atoms with Crippen molar-refractivity contribution >= 4 is 16.9 Å². The average molecular weight is 259 g/mol. The lowest BCUT2D eigenvalue weighted by atomic mass is 9.96. The number of hydrogen-bond donors (Lipinski definition) is 0. The summed E-state index contributed by atoms with van der Waals surface area (Å²) in [5.74, 6) is 0.254. The van der Waals surface area contributed by atoms with Crippen molar-refractivity contribution in [1.29, 1.82) is 0 Å². The third-order valence-corrected chi connectivity index (χ3v) is 3.70. The maximum Gasteiger partial charge on any atom is 0.337 e. The second kappa shape index (κ2) is 5.47. The van der Waals surface area contributed by atoms with Crippen molar-refractivity contribution in [1.82, 2.24) is 4.57 Å². The molecule has 3 heteroatoms. The van der Waals surface area contributed by atoms with Gasteiger partial charge < -0.3 is 9.30 Å². The molecule has 1 atom stereocenters. The van der Waals surface area contributed by atoms with Crippen molar-refractivity contribution in [2.75, 3.05) is 7.11 Å². The summed E-state index contributed by atoms with van der Waals surface area (Å²) in [5.41, 5.74) is 3.04. The van der Waals surface area contributed by atoms with Crippen LogP contribution in [0.25, 0.3) is 10.9 Å². The van der Waals surface area contributed by atoms with E-state index in [1.165, 1.54) is 30.9 Å². The Balaban J connectivity index is 2.51. The fourth-order valence-corrected chi connectivity index (χ4v) is 2.64. The molecule has 19 heavy (non-hydrogen) atoms. The molecule has 3 nitrogen and oxygen atoms in total. The van der Waals surface area contributed by atoms with Crippen LogP contribution in [0.4, 0.5) is 0 Å². The molecular weight excluding hydrogens is 238 g/mol. The number of benzene rings is 1. The van der Waals surface area contributed by atoms with Crippen LogP contribution in [0.15, 0.2) is 24.4 Å². The summed E-state index contributed by atoms with van der Waals surface area (Å²) in [4.78, 5) is 11.6. The third-order valence-electron chi connectivity index (χ3n) is 3.70. The molecule has 0 aliphatic carbocycles. The van der Waals surface area contributed by atoms with Crippen molar-refractivity contribution < 1.29 is 9.53 Å². The highest BCUT2D eigenvalue weighted by atomic mass is 16.5. The van der Waals surface area contributed by atoms with Crippen LogP contribution in [0.1, 0.15) is 48.5 Å². The molecule has 0 saturated heterocycles. The normalized spacial score (nSPS) is 12.6. The van der Waals surface area contributed by atoms with Crippen LogP contribution in [-0.2, 0) is 11.8 Å². The minimum atomic E-state index is -0.286. The van der Waals surface area contributed by atoms with Gasteiger partial charge in [0.2, 0.25) is 0 Å². The first-order valence-electron chi connectivity index (χ1n) is 6.75. The van der Waals surface area contributed by atoms with E-state index in [4.69, 9.17) is 4.74 Å². The lowest BCUT2D eigenvalue weighted by molar-refractivity contribution is 0.0601. The summed E-state index contributed by atoms with van der Waals surface area (Å²) in [6, 6.07) is 5.78. The average Bonchev–Trinajstić information content (AvgIpc) is 2.75. The lowest BCUT2D eigenvalue weighted by Gasteiger charge is -2.08. The number of hydrogen-bond acceptors (Lipinski definition) is 2. The number of nitrogens with zero attached hydrogens (tertiary/aromatic N) is 1. The van der Waals surface area contributed by atoms with Gasteiger partial charge in [0.15, 0.2) is 0 Å². The Kier molecular flexibility index (Phi) is 3.93. The molecule has 2 rings (SSSR count). The van der Waals surface area contributed by atoms with Crippen LogP contribution in [-0.4, -0.2) is 17.6 Å². The number of ether oxygens (including phenoxy) is 1. The number of fused-ring (bicyclic) bond motifs is 1. The molecule has 0 N–H and O–H groups in total. The molecule has 1 aromatic carbocycles. The molecule has 0 amide bonds. The van der Waals surface area contributed by atoms with E-state index in [1.807, 2.05) is 25.2 Å². The Hall–Kier alpha value is -1.77. The minimum absolute atomic E-state index is 0.286. The second-order valence-corrected chi connectivity index (χ2v) is 5.11. The van der Waals surface area contributed by atoms with Gasteiger partial charge in [0, 0.05) is 24.1 Å². The van der Waals surface area contributed by atoms with Gasteiger partial charge in [-0.1, -0.05) is 26.3 Å². The van der Waals surface area contributed by atoms with Gasteiger partial charge in [-0.3, -0.25) is 0 Å². The number of carbonyl (C=O) groups excluding carboxylic acids is 1. The summed E-state index contributed by atoms with van der Waals surface area (Å²) in [7, 11) is 3.43. The maximum atomic E-state index is 11.6. The first-order chi connectivity index (χ1) is 9.08. The number of esters is 1. The minimum Gasteiger partial charge on any atom is -0.465 e. The summed E-state index contributed by atoms with van der Waals surface area (Å²) >= 11 is 0. The molecular formula is C16H21NO2. The van der Waals surface area contributed by atoms with E-state index in [0.29, 0.717) is 11.5 Å². The SMILES string of the molecule is CCCC(C)c1cn(C)c2cc(C(=O)OC)ccc12. The fourth-order valence-electron chi connectivity index (χ4n) is 2.64. The second-order valence-electron chi connectivity index (χ2n) is 5.11. The fraction of sp³-hybridized carbons (Fsp3) is 0.438. The first kappa shape index (κ1) is 13.7. The number of aromatic nitrogens is 1. The monoisotopic (exact) mass is 259 g/mol. The van der Waals surface area contributed by atoms with Crippen LogP contribution in [0.3, 0.4) is 0 Å². The molecule has 0 fully saturated rings. The molecule has 0 bridgehead atoms. The van der Waals surface area contributed by atoms with Gasteiger partial charge in [-0.25, -0.2) is 4.79 Å². The predicted octanol–water partition coefficient (Wildman–Crippen LogP) is 3.87. The van der Waals surface area contributed by atoms with E-state index in [0.717, 1.165) is 5.52 Å². The molecule has 2 aromatic rings. The Morgan fingerprint density at radius 2 is 2.16 bits per heavy atom. The highest BCUT2D eigenvalue weighted by molar-refractivity contribution is 5.95. The number of carbonyl (C=O) groups is 1. The summed E-state index contributed by atoms with van der Waals surface area (Å²) in [6.07, 6.45) is 4.53. The molecule has 0 spiro atoms. The van der Waals surface area contributed by atoms with Gasteiger partial charge in [0.25, 0.3) is 0 Å². The maximum absolute atomic E-state index is 11.6. The zero-order valence-corrected chi connectivity index (χ0v) is 12.1. The predicted molar refractivity (Wildman–Crippen MR) is 77.6 cm³/mol. The van der Waals surface area contributed by atoms with Crippen LogP contribution < -0.4 is 0 Å². The Morgan fingerprint density at radius 1 is 1.42 bits per heavy atom. The highest BCUT2D eigenvalue weighted by Crippen LogP contribution is 2.30. The van der Waals surface area contributed by atoms with E-state index in [1.54, 1.807) is 0 Å². The van der Waals surface area contributed by atoms with Gasteiger partial charge in [-0.05, 0) is 30.0 Å². The highest BCUT2D eigenvalue weighted by Gasteiger charge is 2.14. The van der Waals surface area contributed by atoms with Gasteiger partial charge in [0.1, 0.15) is 0 Å². The third kappa shape index (κ3) is 2.50. The van der Waals surface area contributed by atoms with Gasteiger partial charge in [-0.2, -0.15) is 0 Å². The molecule has 0 aliphatic heterocycles.